The van der Waals surface area contributed by atoms with E-state index < -0.39 is 25.0 Å². The molecule has 114 valence electrons. The van der Waals surface area contributed by atoms with E-state index in [4.69, 9.17) is 5.73 Å². The molecule has 0 radical (unpaired) electrons. The van der Waals surface area contributed by atoms with Crippen molar-refractivity contribution >= 4 is 0 Å². The van der Waals surface area contributed by atoms with Crippen LogP contribution in [0.2, 0.25) is 0 Å². The highest BCUT2D eigenvalue weighted by molar-refractivity contribution is 5.27. The molecule has 7 heteroatoms. The van der Waals surface area contributed by atoms with Gasteiger partial charge in [0, 0.05) is 6.04 Å². The molecule has 1 aromatic rings. The highest BCUT2D eigenvalue weighted by atomic mass is 19.3. The van der Waals surface area contributed by atoms with Gasteiger partial charge in [0.05, 0.1) is 6.61 Å². The zero-order valence-electron chi connectivity index (χ0n) is 10.9. The largest absolute Gasteiger partial charge is 0.373 e. The molecule has 1 atom stereocenters. The lowest BCUT2D eigenvalue weighted by Gasteiger charge is -2.18. The van der Waals surface area contributed by atoms with Crippen LogP contribution in [-0.2, 0) is 11.2 Å². The van der Waals surface area contributed by atoms with Gasteiger partial charge >= 0.3 is 12.3 Å². The van der Waals surface area contributed by atoms with Crippen LogP contribution in [0.5, 0.6) is 0 Å². The van der Waals surface area contributed by atoms with E-state index >= 15 is 0 Å². The molecule has 0 amide bonds. The number of ether oxygens (including phenoxy) is 1. The minimum atomic E-state index is -4.18. The van der Waals surface area contributed by atoms with Gasteiger partial charge in [0.15, 0.2) is 0 Å². The van der Waals surface area contributed by atoms with Gasteiger partial charge in [-0.3, -0.25) is 0 Å². The predicted molar refractivity (Wildman–Crippen MR) is 64.6 cm³/mol. The molecule has 0 spiro atoms. The molecule has 0 aliphatic heterocycles. The van der Waals surface area contributed by atoms with Crippen molar-refractivity contribution in [3.05, 3.63) is 35.1 Å². The van der Waals surface area contributed by atoms with Crippen LogP contribution in [0.15, 0.2) is 18.2 Å². The van der Waals surface area contributed by atoms with Crippen molar-refractivity contribution in [1.29, 1.82) is 0 Å². The number of rotatable bonds is 7. The summed E-state index contributed by atoms with van der Waals surface area (Å²) in [6.45, 7) is 0.0385. The van der Waals surface area contributed by atoms with Gasteiger partial charge < -0.3 is 10.5 Å². The number of halogens is 5. The number of benzene rings is 1. The van der Waals surface area contributed by atoms with E-state index in [9.17, 15) is 22.0 Å². The number of hydrogen-bond donors (Lipinski definition) is 1. The maximum atomic E-state index is 12.9. The Hall–Kier alpha value is -1.21. The second kappa shape index (κ2) is 6.99. The van der Waals surface area contributed by atoms with E-state index in [0.717, 1.165) is 5.56 Å². The number of nitrogens with two attached hydrogens (primary N) is 1. The number of alkyl halides is 4. The first kappa shape index (κ1) is 16.8. The van der Waals surface area contributed by atoms with E-state index in [-0.39, 0.29) is 18.8 Å². The van der Waals surface area contributed by atoms with Crippen LogP contribution in [0.3, 0.4) is 0 Å². The van der Waals surface area contributed by atoms with Crippen LogP contribution in [-0.4, -0.2) is 31.6 Å². The van der Waals surface area contributed by atoms with Crippen molar-refractivity contribution in [2.45, 2.75) is 31.7 Å². The highest BCUT2D eigenvalue weighted by Crippen LogP contribution is 2.23. The Morgan fingerprint density at radius 2 is 1.95 bits per heavy atom. The number of aryl methyl sites for hydroxylation is 1. The third-order valence-electron chi connectivity index (χ3n) is 2.73. The molecule has 0 aromatic heterocycles. The Morgan fingerprint density at radius 3 is 2.50 bits per heavy atom. The van der Waals surface area contributed by atoms with Crippen molar-refractivity contribution in [3.63, 3.8) is 0 Å². The average molecular weight is 297 g/mol. The van der Waals surface area contributed by atoms with E-state index in [1.807, 2.05) is 0 Å². The topological polar surface area (TPSA) is 35.2 Å². The molecule has 0 aliphatic carbocycles. The van der Waals surface area contributed by atoms with E-state index in [1.54, 1.807) is 6.92 Å². The molecule has 0 fully saturated rings. The van der Waals surface area contributed by atoms with Crippen LogP contribution in [0.25, 0.3) is 0 Å². The van der Waals surface area contributed by atoms with E-state index in [1.165, 1.54) is 18.2 Å². The highest BCUT2D eigenvalue weighted by Gasteiger charge is 2.41. The van der Waals surface area contributed by atoms with Gasteiger partial charge in [0.1, 0.15) is 12.4 Å². The summed E-state index contributed by atoms with van der Waals surface area (Å²) in [6.07, 6.45) is -3.48. The van der Waals surface area contributed by atoms with Gasteiger partial charge in [-0.25, -0.2) is 13.2 Å². The molecular formula is C13H16F5NO. The van der Waals surface area contributed by atoms with Gasteiger partial charge in [-0.15, -0.1) is 0 Å². The average Bonchev–Trinajstić information content (AvgIpc) is 2.32. The molecule has 1 aromatic carbocycles. The van der Waals surface area contributed by atoms with Gasteiger partial charge in [-0.2, -0.15) is 8.78 Å². The third-order valence-corrected chi connectivity index (χ3v) is 2.73. The summed E-state index contributed by atoms with van der Waals surface area (Å²) in [5.41, 5.74) is 7.10. The van der Waals surface area contributed by atoms with Gasteiger partial charge in [0.25, 0.3) is 0 Å². The monoisotopic (exact) mass is 297 g/mol. The normalized spacial score (nSPS) is 13.8. The molecule has 0 bridgehead atoms. The molecule has 0 aliphatic rings. The summed E-state index contributed by atoms with van der Waals surface area (Å²) < 4.78 is 66.3. The van der Waals surface area contributed by atoms with Crippen LogP contribution in [0.1, 0.15) is 11.1 Å². The molecule has 0 saturated heterocycles. The molecular weight excluding hydrogens is 281 g/mol. The third kappa shape index (κ3) is 5.05. The Labute approximate surface area is 113 Å². The minimum absolute atomic E-state index is 0.279. The maximum Gasteiger partial charge on any atom is 0.330 e. The van der Waals surface area contributed by atoms with Gasteiger partial charge in [-0.05, 0) is 36.6 Å². The van der Waals surface area contributed by atoms with Crippen molar-refractivity contribution in [1.82, 2.24) is 0 Å². The molecule has 1 rings (SSSR count). The van der Waals surface area contributed by atoms with Crippen molar-refractivity contribution in [2.75, 3.05) is 13.2 Å². The van der Waals surface area contributed by atoms with E-state index in [0.29, 0.717) is 5.56 Å². The lowest BCUT2D eigenvalue weighted by Crippen LogP contribution is -2.36. The van der Waals surface area contributed by atoms with Crippen LogP contribution < -0.4 is 5.73 Å². The smallest absolute Gasteiger partial charge is 0.330 e. The Balaban J connectivity index is 2.42. The number of hydrogen-bond acceptors (Lipinski definition) is 2. The molecule has 20 heavy (non-hydrogen) atoms. The molecule has 2 N–H and O–H groups in total. The van der Waals surface area contributed by atoms with Gasteiger partial charge in [0.2, 0.25) is 0 Å². The van der Waals surface area contributed by atoms with Crippen LogP contribution in [0, 0.1) is 12.7 Å². The standard InChI is InChI=1S/C13H16F5NO/c1-8-4-10(14)3-2-9(8)5-11(19)6-20-7-13(17,18)12(15)16/h2-4,11-12H,5-7,19H2,1H3. The predicted octanol–water partition coefficient (Wildman–Crippen LogP) is 2.92. The van der Waals surface area contributed by atoms with Crippen molar-refractivity contribution in [3.8, 4) is 0 Å². The fraction of sp³-hybridized carbons (Fsp3) is 0.538. The quantitative estimate of drug-likeness (QED) is 0.785. The van der Waals surface area contributed by atoms with Crippen LogP contribution >= 0.6 is 0 Å². The van der Waals surface area contributed by atoms with Gasteiger partial charge in [-0.1, -0.05) is 6.07 Å². The summed E-state index contributed by atoms with van der Waals surface area (Å²) in [5.74, 6) is -4.56. The summed E-state index contributed by atoms with van der Waals surface area (Å²) in [6, 6.07) is 3.50. The Bertz CT molecular complexity index is 439. The Morgan fingerprint density at radius 1 is 1.30 bits per heavy atom. The lowest BCUT2D eigenvalue weighted by atomic mass is 10.0. The van der Waals surface area contributed by atoms with Crippen molar-refractivity contribution < 1.29 is 26.7 Å². The maximum absolute atomic E-state index is 12.9. The van der Waals surface area contributed by atoms with Crippen molar-refractivity contribution in [2.24, 2.45) is 5.73 Å². The van der Waals surface area contributed by atoms with Crippen LogP contribution in [0.4, 0.5) is 22.0 Å². The zero-order valence-corrected chi connectivity index (χ0v) is 10.9. The summed E-state index contributed by atoms with van der Waals surface area (Å²) in [7, 11) is 0. The Kier molecular flexibility index (Phi) is 5.88. The van der Waals surface area contributed by atoms with E-state index in [2.05, 4.69) is 4.74 Å². The molecule has 0 saturated carbocycles. The second-order valence-corrected chi connectivity index (χ2v) is 4.61. The molecule has 2 nitrogen and oxygen atoms in total. The SMILES string of the molecule is Cc1cc(F)ccc1CC(N)COCC(F)(F)C(F)F. The molecule has 0 heterocycles. The first-order valence-corrected chi connectivity index (χ1v) is 5.96. The zero-order chi connectivity index (χ0) is 15.3. The lowest BCUT2D eigenvalue weighted by molar-refractivity contribution is -0.166. The summed E-state index contributed by atoms with van der Waals surface area (Å²) in [4.78, 5) is 0. The first-order valence-electron chi connectivity index (χ1n) is 5.96. The summed E-state index contributed by atoms with van der Waals surface area (Å²) >= 11 is 0. The minimum Gasteiger partial charge on any atom is -0.373 e. The second-order valence-electron chi connectivity index (χ2n) is 4.61. The fourth-order valence-electron chi connectivity index (χ4n) is 1.64. The summed E-state index contributed by atoms with van der Waals surface area (Å²) in [5, 5.41) is 0. The fourth-order valence-corrected chi connectivity index (χ4v) is 1.64. The molecule has 1 unspecified atom stereocenters. The first-order chi connectivity index (χ1) is 9.22.